The van der Waals surface area contributed by atoms with Crippen molar-refractivity contribution in [2.45, 2.75) is 25.9 Å². The van der Waals surface area contributed by atoms with E-state index in [0.29, 0.717) is 12.4 Å². The second-order valence-electron chi connectivity index (χ2n) is 3.99. The first-order chi connectivity index (χ1) is 7.45. The van der Waals surface area contributed by atoms with Gasteiger partial charge >= 0.3 is 5.97 Å². The van der Waals surface area contributed by atoms with Crippen LogP contribution < -0.4 is 10.1 Å². The van der Waals surface area contributed by atoms with Crippen LogP contribution in [0.3, 0.4) is 0 Å². The zero-order chi connectivity index (χ0) is 12.2. The summed E-state index contributed by atoms with van der Waals surface area (Å²) in [5.41, 5.74) is -0.0324. The molecule has 0 bridgehead atoms. The van der Waals surface area contributed by atoms with Gasteiger partial charge < -0.3 is 9.84 Å². The molecule has 0 saturated heterocycles. The maximum atomic E-state index is 10.8. The lowest BCUT2D eigenvalue weighted by Gasteiger charge is -2.20. The number of methoxy groups -OCH3 is 1. The van der Waals surface area contributed by atoms with Crippen molar-refractivity contribution < 1.29 is 14.6 Å². The number of hydrogen-bond acceptors (Lipinski definition) is 4. The van der Waals surface area contributed by atoms with Gasteiger partial charge in [-0.2, -0.15) is 0 Å². The van der Waals surface area contributed by atoms with Gasteiger partial charge in [0.05, 0.1) is 7.11 Å². The van der Waals surface area contributed by atoms with Crippen LogP contribution in [0.4, 0.5) is 0 Å². The number of rotatable bonds is 5. The molecule has 0 aromatic carbocycles. The molecule has 1 heterocycles. The number of carbonyl (C=O) groups is 1. The summed E-state index contributed by atoms with van der Waals surface area (Å²) in [6.07, 6.45) is 1.66. The molecule has 1 aromatic rings. The molecule has 0 radical (unpaired) electrons. The maximum Gasteiger partial charge on any atom is 0.323 e. The van der Waals surface area contributed by atoms with Gasteiger partial charge in [0.2, 0.25) is 5.88 Å². The summed E-state index contributed by atoms with van der Waals surface area (Å²) in [5.74, 6) is -0.338. The number of hydrogen-bond donors (Lipinski definition) is 2. The van der Waals surface area contributed by atoms with Crippen molar-refractivity contribution in [3.63, 3.8) is 0 Å². The molecule has 0 unspecified atom stereocenters. The molecule has 0 aliphatic rings. The van der Waals surface area contributed by atoms with Gasteiger partial charge in [0.1, 0.15) is 5.54 Å². The standard InChI is InChI=1S/C11H16N2O3/c1-11(2,10(14)15)13-7-8-4-5-9(16-3)12-6-8/h4-6,13H,7H2,1-3H3,(H,14,15). The maximum absolute atomic E-state index is 10.8. The number of nitrogens with one attached hydrogen (secondary N) is 1. The minimum absolute atomic E-state index is 0.455. The van der Waals surface area contributed by atoms with Crippen LogP contribution in [-0.4, -0.2) is 28.7 Å². The zero-order valence-corrected chi connectivity index (χ0v) is 9.65. The number of pyridine rings is 1. The van der Waals surface area contributed by atoms with Crippen LogP contribution in [0.25, 0.3) is 0 Å². The Balaban J connectivity index is 2.58. The van der Waals surface area contributed by atoms with Crippen molar-refractivity contribution in [2.75, 3.05) is 7.11 Å². The Labute approximate surface area is 94.5 Å². The van der Waals surface area contributed by atoms with Crippen LogP contribution >= 0.6 is 0 Å². The van der Waals surface area contributed by atoms with Crippen LogP contribution in [0.5, 0.6) is 5.88 Å². The lowest BCUT2D eigenvalue weighted by atomic mass is 10.1. The second kappa shape index (κ2) is 4.94. The van der Waals surface area contributed by atoms with Crippen molar-refractivity contribution in [1.82, 2.24) is 10.3 Å². The van der Waals surface area contributed by atoms with Crippen molar-refractivity contribution >= 4 is 5.97 Å². The van der Waals surface area contributed by atoms with Crippen LogP contribution in [-0.2, 0) is 11.3 Å². The molecule has 2 N–H and O–H groups in total. The fourth-order valence-electron chi connectivity index (χ4n) is 1.03. The first-order valence-corrected chi connectivity index (χ1v) is 4.93. The predicted molar refractivity (Wildman–Crippen MR) is 59.3 cm³/mol. The molecule has 5 nitrogen and oxygen atoms in total. The monoisotopic (exact) mass is 224 g/mol. The SMILES string of the molecule is COc1ccc(CNC(C)(C)C(=O)O)cn1. The number of ether oxygens (including phenoxy) is 1. The highest BCUT2D eigenvalue weighted by Gasteiger charge is 2.25. The Morgan fingerprint density at radius 3 is 2.69 bits per heavy atom. The average Bonchev–Trinajstić information content (AvgIpc) is 2.27. The van der Waals surface area contributed by atoms with E-state index in [0.717, 1.165) is 5.56 Å². The fourth-order valence-corrected chi connectivity index (χ4v) is 1.03. The van der Waals surface area contributed by atoms with Crippen LogP contribution in [0.1, 0.15) is 19.4 Å². The lowest BCUT2D eigenvalue weighted by molar-refractivity contribution is -0.143. The quantitative estimate of drug-likeness (QED) is 0.782. The lowest BCUT2D eigenvalue weighted by Crippen LogP contribution is -2.46. The van der Waals surface area contributed by atoms with Crippen molar-refractivity contribution in [2.24, 2.45) is 0 Å². The highest BCUT2D eigenvalue weighted by molar-refractivity contribution is 5.77. The van der Waals surface area contributed by atoms with Gasteiger partial charge in [-0.1, -0.05) is 6.07 Å². The van der Waals surface area contributed by atoms with Crippen molar-refractivity contribution in [3.05, 3.63) is 23.9 Å². The van der Waals surface area contributed by atoms with E-state index in [-0.39, 0.29) is 0 Å². The number of aromatic nitrogens is 1. The average molecular weight is 224 g/mol. The molecule has 88 valence electrons. The zero-order valence-electron chi connectivity index (χ0n) is 9.65. The molecular weight excluding hydrogens is 208 g/mol. The van der Waals surface area contributed by atoms with Gasteiger partial charge in [-0.3, -0.25) is 10.1 Å². The molecule has 0 aliphatic heterocycles. The normalized spacial score (nSPS) is 11.2. The Kier molecular flexibility index (Phi) is 3.84. The van der Waals surface area contributed by atoms with Crippen LogP contribution in [0.2, 0.25) is 0 Å². The molecule has 1 aromatic heterocycles. The molecule has 1 rings (SSSR count). The summed E-state index contributed by atoms with van der Waals surface area (Å²) in [4.78, 5) is 14.9. The second-order valence-corrected chi connectivity index (χ2v) is 3.99. The van der Waals surface area contributed by atoms with Gasteiger partial charge in [0.15, 0.2) is 0 Å². The third-order valence-corrected chi connectivity index (χ3v) is 2.28. The largest absolute Gasteiger partial charge is 0.481 e. The Bertz CT molecular complexity index is 360. The molecule has 0 aliphatic carbocycles. The van der Waals surface area contributed by atoms with E-state index >= 15 is 0 Å². The highest BCUT2D eigenvalue weighted by atomic mass is 16.5. The number of nitrogens with zero attached hydrogens (tertiary/aromatic N) is 1. The fraction of sp³-hybridized carbons (Fsp3) is 0.455. The Morgan fingerprint density at radius 1 is 1.56 bits per heavy atom. The molecule has 16 heavy (non-hydrogen) atoms. The predicted octanol–water partition coefficient (Wildman–Crippen LogP) is 1.04. The van der Waals surface area contributed by atoms with Gasteiger partial charge in [-0.15, -0.1) is 0 Å². The van der Waals surface area contributed by atoms with E-state index in [1.807, 2.05) is 6.07 Å². The first kappa shape index (κ1) is 12.4. The molecule has 0 atom stereocenters. The molecule has 0 saturated carbocycles. The summed E-state index contributed by atoms with van der Waals surface area (Å²) in [7, 11) is 1.55. The van der Waals surface area contributed by atoms with Crippen molar-refractivity contribution in [1.29, 1.82) is 0 Å². The van der Waals surface area contributed by atoms with Gasteiger partial charge in [-0.05, 0) is 19.4 Å². The molecule has 0 amide bonds. The summed E-state index contributed by atoms with van der Waals surface area (Å²) in [6.45, 7) is 3.69. The Morgan fingerprint density at radius 2 is 2.25 bits per heavy atom. The van der Waals surface area contributed by atoms with Gasteiger partial charge in [-0.25, -0.2) is 4.98 Å². The summed E-state index contributed by atoms with van der Waals surface area (Å²) in [6, 6.07) is 3.58. The minimum atomic E-state index is -0.945. The van der Waals surface area contributed by atoms with E-state index < -0.39 is 11.5 Å². The summed E-state index contributed by atoms with van der Waals surface area (Å²) < 4.78 is 4.93. The smallest absolute Gasteiger partial charge is 0.323 e. The minimum Gasteiger partial charge on any atom is -0.481 e. The van der Waals surface area contributed by atoms with Gasteiger partial charge in [0.25, 0.3) is 0 Å². The van der Waals surface area contributed by atoms with E-state index in [1.54, 1.807) is 33.2 Å². The van der Waals surface area contributed by atoms with E-state index in [1.165, 1.54) is 0 Å². The topological polar surface area (TPSA) is 71.5 Å². The van der Waals surface area contributed by atoms with Gasteiger partial charge in [0, 0.05) is 18.8 Å². The Hall–Kier alpha value is -1.62. The van der Waals surface area contributed by atoms with E-state index in [9.17, 15) is 4.79 Å². The third kappa shape index (κ3) is 3.20. The first-order valence-electron chi connectivity index (χ1n) is 4.93. The molecule has 5 heteroatoms. The van der Waals surface area contributed by atoms with Crippen molar-refractivity contribution in [3.8, 4) is 5.88 Å². The van der Waals surface area contributed by atoms with Crippen LogP contribution in [0.15, 0.2) is 18.3 Å². The van der Waals surface area contributed by atoms with Crippen LogP contribution in [0, 0.1) is 0 Å². The number of carboxylic acid groups (broad SMARTS) is 1. The number of aliphatic carboxylic acids is 1. The number of carboxylic acids is 1. The third-order valence-electron chi connectivity index (χ3n) is 2.28. The molecular formula is C11H16N2O3. The highest BCUT2D eigenvalue weighted by Crippen LogP contribution is 2.08. The molecule has 0 fully saturated rings. The van der Waals surface area contributed by atoms with E-state index in [2.05, 4.69) is 10.3 Å². The summed E-state index contributed by atoms with van der Waals surface area (Å²) >= 11 is 0. The summed E-state index contributed by atoms with van der Waals surface area (Å²) in [5, 5.41) is 11.8. The molecule has 0 spiro atoms. The van der Waals surface area contributed by atoms with E-state index in [4.69, 9.17) is 9.84 Å².